The van der Waals surface area contributed by atoms with Gasteiger partial charge >= 0.3 is 0 Å². The van der Waals surface area contributed by atoms with E-state index < -0.39 is 0 Å². The first kappa shape index (κ1) is 13.3. The molecule has 0 unspecified atom stereocenters. The van der Waals surface area contributed by atoms with Crippen LogP contribution in [0.2, 0.25) is 0 Å². The standard InChI is InChI=1S/C18H16N2O/c1-12-15-10-6-7-11-16(15)19-13(2)17(12)18(21)20-14-8-4-3-5-9-14/h3-11H,1-2H3,(H,20,21). The molecule has 0 aliphatic rings. The molecule has 3 nitrogen and oxygen atoms in total. The molecule has 0 fully saturated rings. The summed E-state index contributed by atoms with van der Waals surface area (Å²) in [5, 5.41) is 3.94. The van der Waals surface area contributed by atoms with E-state index in [-0.39, 0.29) is 5.91 Å². The number of carbonyl (C=O) groups is 1. The van der Waals surface area contributed by atoms with Crippen LogP contribution in [-0.4, -0.2) is 10.9 Å². The van der Waals surface area contributed by atoms with Crippen LogP contribution >= 0.6 is 0 Å². The van der Waals surface area contributed by atoms with Crippen LogP contribution in [0.4, 0.5) is 5.69 Å². The number of carbonyl (C=O) groups excluding carboxylic acids is 1. The van der Waals surface area contributed by atoms with Gasteiger partial charge in [-0.25, -0.2) is 0 Å². The highest BCUT2D eigenvalue weighted by atomic mass is 16.1. The van der Waals surface area contributed by atoms with Crippen molar-refractivity contribution in [1.29, 1.82) is 0 Å². The summed E-state index contributed by atoms with van der Waals surface area (Å²) in [7, 11) is 0. The molecule has 3 rings (SSSR count). The zero-order valence-electron chi connectivity index (χ0n) is 12.1. The average molecular weight is 276 g/mol. The van der Waals surface area contributed by atoms with E-state index in [2.05, 4.69) is 10.3 Å². The maximum absolute atomic E-state index is 12.5. The number of aryl methyl sites for hydroxylation is 2. The molecule has 3 aromatic rings. The maximum Gasteiger partial charge on any atom is 0.257 e. The van der Waals surface area contributed by atoms with Gasteiger partial charge in [-0.05, 0) is 37.6 Å². The fourth-order valence-corrected chi connectivity index (χ4v) is 2.58. The number of para-hydroxylation sites is 2. The van der Waals surface area contributed by atoms with Gasteiger partial charge in [-0.3, -0.25) is 9.78 Å². The van der Waals surface area contributed by atoms with Crippen molar-refractivity contribution >= 4 is 22.5 Å². The average Bonchev–Trinajstić information content (AvgIpc) is 2.48. The lowest BCUT2D eigenvalue weighted by molar-refractivity contribution is 0.102. The molecule has 1 aromatic heterocycles. The van der Waals surface area contributed by atoms with Crippen LogP contribution in [0.3, 0.4) is 0 Å². The summed E-state index contributed by atoms with van der Waals surface area (Å²) in [5.41, 5.74) is 4.07. The van der Waals surface area contributed by atoms with E-state index in [1.54, 1.807) is 0 Å². The Balaban J connectivity index is 2.05. The van der Waals surface area contributed by atoms with Crippen molar-refractivity contribution in [3.63, 3.8) is 0 Å². The van der Waals surface area contributed by atoms with Crippen molar-refractivity contribution in [1.82, 2.24) is 4.98 Å². The lowest BCUT2D eigenvalue weighted by Gasteiger charge is -2.12. The van der Waals surface area contributed by atoms with Gasteiger partial charge in [0.2, 0.25) is 0 Å². The fraction of sp³-hybridized carbons (Fsp3) is 0.111. The van der Waals surface area contributed by atoms with Gasteiger partial charge < -0.3 is 5.32 Å². The third-order valence-electron chi connectivity index (χ3n) is 3.59. The van der Waals surface area contributed by atoms with Gasteiger partial charge in [-0.15, -0.1) is 0 Å². The summed E-state index contributed by atoms with van der Waals surface area (Å²) < 4.78 is 0. The predicted molar refractivity (Wildman–Crippen MR) is 85.6 cm³/mol. The van der Waals surface area contributed by atoms with Crippen LogP contribution in [0.25, 0.3) is 10.9 Å². The van der Waals surface area contributed by atoms with Crippen molar-refractivity contribution < 1.29 is 4.79 Å². The van der Waals surface area contributed by atoms with E-state index in [0.717, 1.165) is 27.8 Å². The van der Waals surface area contributed by atoms with Crippen LogP contribution in [0.1, 0.15) is 21.6 Å². The van der Waals surface area contributed by atoms with Crippen LogP contribution in [-0.2, 0) is 0 Å². The Labute approximate surface area is 123 Å². The highest BCUT2D eigenvalue weighted by Crippen LogP contribution is 2.23. The number of rotatable bonds is 2. The Morgan fingerprint density at radius 1 is 0.952 bits per heavy atom. The third-order valence-corrected chi connectivity index (χ3v) is 3.59. The second-order valence-corrected chi connectivity index (χ2v) is 5.03. The van der Waals surface area contributed by atoms with Crippen molar-refractivity contribution in [2.45, 2.75) is 13.8 Å². The summed E-state index contributed by atoms with van der Waals surface area (Å²) in [6.45, 7) is 3.84. The Morgan fingerprint density at radius 3 is 2.38 bits per heavy atom. The molecular weight excluding hydrogens is 260 g/mol. The molecule has 0 radical (unpaired) electrons. The molecule has 1 amide bonds. The largest absolute Gasteiger partial charge is 0.322 e. The maximum atomic E-state index is 12.5. The van der Waals surface area contributed by atoms with Gasteiger partial charge in [0.25, 0.3) is 5.91 Å². The van der Waals surface area contributed by atoms with Gasteiger partial charge in [-0.1, -0.05) is 36.4 Å². The molecule has 0 aliphatic heterocycles. The van der Waals surface area contributed by atoms with Crippen LogP contribution in [0, 0.1) is 13.8 Å². The van der Waals surface area contributed by atoms with Crippen LogP contribution < -0.4 is 5.32 Å². The molecule has 0 saturated carbocycles. The van der Waals surface area contributed by atoms with E-state index in [0.29, 0.717) is 5.56 Å². The highest BCUT2D eigenvalue weighted by Gasteiger charge is 2.16. The van der Waals surface area contributed by atoms with E-state index in [1.807, 2.05) is 68.4 Å². The summed E-state index contributed by atoms with van der Waals surface area (Å²) in [5.74, 6) is -0.116. The van der Waals surface area contributed by atoms with Crippen LogP contribution in [0.15, 0.2) is 54.6 Å². The van der Waals surface area contributed by atoms with E-state index >= 15 is 0 Å². The van der Waals surface area contributed by atoms with Gasteiger partial charge in [0.1, 0.15) is 0 Å². The quantitative estimate of drug-likeness (QED) is 0.765. The number of aromatic nitrogens is 1. The zero-order chi connectivity index (χ0) is 14.8. The minimum atomic E-state index is -0.116. The van der Waals surface area contributed by atoms with Gasteiger partial charge in [-0.2, -0.15) is 0 Å². The number of hydrogen-bond donors (Lipinski definition) is 1. The normalized spacial score (nSPS) is 10.6. The minimum Gasteiger partial charge on any atom is -0.322 e. The smallest absolute Gasteiger partial charge is 0.257 e. The van der Waals surface area contributed by atoms with Gasteiger partial charge in [0, 0.05) is 11.1 Å². The first-order chi connectivity index (χ1) is 10.2. The number of amides is 1. The van der Waals surface area contributed by atoms with Gasteiger partial charge in [0.15, 0.2) is 0 Å². The second-order valence-electron chi connectivity index (χ2n) is 5.03. The molecule has 0 saturated heterocycles. The monoisotopic (exact) mass is 276 g/mol. The van der Waals surface area contributed by atoms with E-state index in [9.17, 15) is 4.79 Å². The predicted octanol–water partition coefficient (Wildman–Crippen LogP) is 4.10. The van der Waals surface area contributed by atoms with Gasteiger partial charge in [0.05, 0.1) is 16.8 Å². The topological polar surface area (TPSA) is 42.0 Å². The summed E-state index contributed by atoms with van der Waals surface area (Å²) >= 11 is 0. The highest BCUT2D eigenvalue weighted by molar-refractivity contribution is 6.08. The Bertz CT molecular complexity index is 810. The SMILES string of the molecule is Cc1nc2ccccc2c(C)c1C(=O)Nc1ccccc1. The molecule has 1 heterocycles. The van der Waals surface area contributed by atoms with Crippen molar-refractivity contribution in [2.24, 2.45) is 0 Å². The summed E-state index contributed by atoms with van der Waals surface area (Å²) in [6, 6.07) is 17.3. The number of hydrogen-bond acceptors (Lipinski definition) is 2. The molecule has 1 N–H and O–H groups in total. The number of anilines is 1. The Hall–Kier alpha value is -2.68. The number of fused-ring (bicyclic) bond motifs is 1. The first-order valence-corrected chi connectivity index (χ1v) is 6.89. The number of pyridine rings is 1. The zero-order valence-corrected chi connectivity index (χ0v) is 12.1. The molecule has 0 atom stereocenters. The number of nitrogens with zero attached hydrogens (tertiary/aromatic N) is 1. The summed E-state index contributed by atoms with van der Waals surface area (Å²) in [4.78, 5) is 17.1. The number of benzene rings is 2. The summed E-state index contributed by atoms with van der Waals surface area (Å²) in [6.07, 6.45) is 0. The molecule has 2 aromatic carbocycles. The molecule has 0 spiro atoms. The first-order valence-electron chi connectivity index (χ1n) is 6.89. The third kappa shape index (κ3) is 2.50. The lowest BCUT2D eigenvalue weighted by Crippen LogP contribution is -2.16. The molecule has 3 heteroatoms. The number of nitrogens with one attached hydrogen (secondary N) is 1. The van der Waals surface area contributed by atoms with Crippen molar-refractivity contribution in [3.05, 3.63) is 71.4 Å². The Kier molecular flexibility index (Phi) is 3.40. The minimum absolute atomic E-state index is 0.116. The van der Waals surface area contributed by atoms with E-state index in [1.165, 1.54) is 0 Å². The van der Waals surface area contributed by atoms with Crippen LogP contribution in [0.5, 0.6) is 0 Å². The second kappa shape index (κ2) is 5.37. The Morgan fingerprint density at radius 2 is 1.62 bits per heavy atom. The molecule has 104 valence electrons. The molecule has 21 heavy (non-hydrogen) atoms. The molecule has 0 bridgehead atoms. The van der Waals surface area contributed by atoms with Crippen molar-refractivity contribution in [3.8, 4) is 0 Å². The molecular formula is C18H16N2O. The van der Waals surface area contributed by atoms with Crippen molar-refractivity contribution in [2.75, 3.05) is 5.32 Å². The lowest BCUT2D eigenvalue weighted by atomic mass is 10.0. The molecule has 0 aliphatic carbocycles. The van der Waals surface area contributed by atoms with E-state index in [4.69, 9.17) is 0 Å². The fourth-order valence-electron chi connectivity index (χ4n) is 2.58.